The van der Waals surface area contributed by atoms with Crippen molar-refractivity contribution in [2.45, 2.75) is 51.2 Å². The van der Waals surface area contributed by atoms with Crippen LogP contribution in [0.25, 0.3) is 0 Å². The van der Waals surface area contributed by atoms with Gasteiger partial charge in [-0.1, -0.05) is 11.6 Å². The maximum atomic E-state index is 14.5. The fourth-order valence-corrected chi connectivity index (χ4v) is 4.32. The molecule has 3 N–H and O–H groups in total. The van der Waals surface area contributed by atoms with Gasteiger partial charge in [-0.2, -0.15) is 0 Å². The van der Waals surface area contributed by atoms with Crippen molar-refractivity contribution in [1.29, 1.82) is 0 Å². The molecule has 10 heteroatoms. The SMILES string of the molecule is CC(C)(C)OC(=O)NC12CC(C(=O)Nc3c(C(=O)O)cc(Cl)c(Br)c3F)(C1)C2. The summed E-state index contributed by atoms with van der Waals surface area (Å²) in [5.74, 6) is -2.85. The van der Waals surface area contributed by atoms with Gasteiger partial charge in [0.1, 0.15) is 5.60 Å². The molecular formula is C18H19BrClFN2O5. The maximum absolute atomic E-state index is 14.5. The maximum Gasteiger partial charge on any atom is 0.408 e. The van der Waals surface area contributed by atoms with Gasteiger partial charge in [-0.3, -0.25) is 4.79 Å². The zero-order valence-electron chi connectivity index (χ0n) is 15.4. The molecule has 3 aliphatic rings. The minimum atomic E-state index is -1.41. The third-order valence-corrected chi connectivity index (χ3v) is 6.21. The van der Waals surface area contributed by atoms with E-state index < -0.39 is 51.6 Å². The number of anilines is 1. The molecule has 1 aromatic rings. The van der Waals surface area contributed by atoms with Crippen molar-refractivity contribution in [1.82, 2.24) is 5.32 Å². The molecule has 0 atom stereocenters. The quantitative estimate of drug-likeness (QED) is 0.560. The van der Waals surface area contributed by atoms with Crippen LogP contribution < -0.4 is 10.6 Å². The molecule has 4 rings (SSSR count). The highest BCUT2D eigenvalue weighted by atomic mass is 79.9. The molecule has 28 heavy (non-hydrogen) atoms. The number of aromatic carboxylic acids is 1. The van der Waals surface area contributed by atoms with E-state index in [1.54, 1.807) is 20.8 Å². The van der Waals surface area contributed by atoms with Crippen LogP contribution in [0, 0.1) is 11.2 Å². The fraction of sp³-hybridized carbons (Fsp3) is 0.500. The van der Waals surface area contributed by atoms with Crippen LogP contribution in [0.15, 0.2) is 10.5 Å². The molecule has 7 nitrogen and oxygen atoms in total. The predicted molar refractivity (Wildman–Crippen MR) is 103 cm³/mol. The van der Waals surface area contributed by atoms with Gasteiger partial charge in [0.25, 0.3) is 0 Å². The van der Waals surface area contributed by atoms with Crippen LogP contribution in [0.2, 0.25) is 5.02 Å². The molecule has 3 fully saturated rings. The number of carboxylic acid groups (broad SMARTS) is 1. The summed E-state index contributed by atoms with van der Waals surface area (Å²) < 4.78 is 19.6. The highest BCUT2D eigenvalue weighted by Crippen LogP contribution is 2.67. The van der Waals surface area contributed by atoms with E-state index in [0.29, 0.717) is 19.3 Å². The molecule has 3 aliphatic carbocycles. The third-order valence-electron chi connectivity index (χ3n) is 4.91. The van der Waals surface area contributed by atoms with Crippen molar-refractivity contribution in [3.63, 3.8) is 0 Å². The number of carboxylic acids is 1. The van der Waals surface area contributed by atoms with Crippen LogP contribution in [0.1, 0.15) is 50.4 Å². The lowest BCUT2D eigenvalue weighted by molar-refractivity contribution is -0.174. The molecule has 0 unspecified atom stereocenters. The number of amides is 2. The molecule has 0 spiro atoms. The van der Waals surface area contributed by atoms with Gasteiger partial charge in [0.15, 0.2) is 5.82 Å². The number of halogens is 3. The number of rotatable bonds is 4. The van der Waals surface area contributed by atoms with E-state index in [-0.39, 0.29) is 9.50 Å². The zero-order chi connectivity index (χ0) is 21.1. The van der Waals surface area contributed by atoms with Gasteiger partial charge in [0.05, 0.1) is 26.2 Å². The van der Waals surface area contributed by atoms with Gasteiger partial charge in [0.2, 0.25) is 5.91 Å². The van der Waals surface area contributed by atoms with Crippen LogP contribution in [0.4, 0.5) is 14.9 Å². The summed E-state index contributed by atoms with van der Waals surface area (Å²) in [4.78, 5) is 36.0. The summed E-state index contributed by atoms with van der Waals surface area (Å²) >= 11 is 8.75. The number of carbonyl (C=O) groups excluding carboxylic acids is 2. The first-order valence-electron chi connectivity index (χ1n) is 8.51. The Balaban J connectivity index is 1.69. The number of carbonyl (C=O) groups is 3. The van der Waals surface area contributed by atoms with Crippen LogP contribution in [-0.2, 0) is 9.53 Å². The first-order chi connectivity index (χ1) is 12.8. The van der Waals surface area contributed by atoms with Gasteiger partial charge in [-0.15, -0.1) is 0 Å². The number of benzene rings is 1. The average molecular weight is 478 g/mol. The van der Waals surface area contributed by atoms with E-state index in [0.717, 1.165) is 6.07 Å². The molecule has 0 aliphatic heterocycles. The standard InChI is InChI=1S/C18H19BrClFN2O5/c1-16(2,3)28-15(27)23-18-5-17(6-18,7-18)14(26)22-12-8(13(24)25)4-9(20)10(19)11(12)21/h4H,5-7H2,1-3H3,(H,22,26)(H,23,27)(H,24,25). The summed E-state index contributed by atoms with van der Waals surface area (Å²) in [6.07, 6.45) is 0.583. The Morgan fingerprint density at radius 3 is 2.36 bits per heavy atom. The largest absolute Gasteiger partial charge is 0.478 e. The molecule has 0 aromatic heterocycles. The zero-order valence-corrected chi connectivity index (χ0v) is 17.8. The molecule has 1 aromatic carbocycles. The van der Waals surface area contributed by atoms with Crippen molar-refractivity contribution in [3.05, 3.63) is 26.9 Å². The van der Waals surface area contributed by atoms with Gasteiger partial charge < -0.3 is 20.5 Å². The Morgan fingerprint density at radius 1 is 1.29 bits per heavy atom. The van der Waals surface area contributed by atoms with Crippen LogP contribution in [-0.4, -0.2) is 34.2 Å². The highest BCUT2D eigenvalue weighted by Gasteiger charge is 2.72. The van der Waals surface area contributed by atoms with Gasteiger partial charge in [-0.25, -0.2) is 14.0 Å². The Morgan fingerprint density at radius 2 is 1.86 bits per heavy atom. The van der Waals surface area contributed by atoms with E-state index in [9.17, 15) is 23.9 Å². The summed E-state index contributed by atoms with van der Waals surface area (Å²) in [5.41, 5.74) is -2.77. The van der Waals surface area contributed by atoms with Crippen LogP contribution in [0.3, 0.4) is 0 Å². The number of alkyl carbamates (subject to hydrolysis) is 1. The normalized spacial score (nSPS) is 25.2. The molecule has 0 heterocycles. The molecule has 3 saturated carbocycles. The molecule has 152 valence electrons. The lowest BCUT2D eigenvalue weighted by Crippen LogP contribution is -2.77. The average Bonchev–Trinajstić information content (AvgIpc) is 2.47. The number of ether oxygens (including phenoxy) is 1. The first-order valence-corrected chi connectivity index (χ1v) is 9.68. The van der Waals surface area contributed by atoms with Crippen molar-refractivity contribution in [2.24, 2.45) is 5.41 Å². The van der Waals surface area contributed by atoms with Crippen molar-refractivity contribution >= 4 is 51.2 Å². The van der Waals surface area contributed by atoms with Crippen molar-refractivity contribution in [3.8, 4) is 0 Å². The van der Waals surface area contributed by atoms with E-state index in [1.165, 1.54) is 0 Å². The smallest absolute Gasteiger partial charge is 0.408 e. The number of hydrogen-bond donors (Lipinski definition) is 3. The Bertz CT molecular complexity index is 879. The van der Waals surface area contributed by atoms with Gasteiger partial charge in [0, 0.05) is 5.54 Å². The van der Waals surface area contributed by atoms with E-state index >= 15 is 0 Å². The molecule has 0 radical (unpaired) electrons. The first kappa shape index (κ1) is 20.9. The van der Waals surface area contributed by atoms with Crippen LogP contribution in [0.5, 0.6) is 0 Å². The summed E-state index contributed by atoms with van der Waals surface area (Å²) in [5, 5.41) is 14.3. The predicted octanol–water partition coefficient (Wildman–Crippen LogP) is 4.33. The topological polar surface area (TPSA) is 105 Å². The Hall–Kier alpha value is -1.87. The van der Waals surface area contributed by atoms with E-state index in [4.69, 9.17) is 16.3 Å². The molecule has 2 bridgehead atoms. The number of hydrogen-bond acceptors (Lipinski definition) is 4. The summed E-state index contributed by atoms with van der Waals surface area (Å²) in [6, 6.07) is 1.07. The summed E-state index contributed by atoms with van der Waals surface area (Å²) in [6.45, 7) is 5.26. The second-order valence-corrected chi connectivity index (χ2v) is 9.59. The number of nitrogens with one attached hydrogen (secondary N) is 2. The van der Waals surface area contributed by atoms with E-state index in [1.807, 2.05) is 0 Å². The molecule has 0 saturated heterocycles. The van der Waals surface area contributed by atoms with Crippen molar-refractivity contribution < 1.29 is 28.6 Å². The minimum absolute atomic E-state index is 0.112. The molecular weight excluding hydrogens is 459 g/mol. The van der Waals surface area contributed by atoms with Gasteiger partial charge >= 0.3 is 12.1 Å². The highest BCUT2D eigenvalue weighted by molar-refractivity contribution is 9.10. The fourth-order valence-electron chi connectivity index (χ4n) is 3.81. The van der Waals surface area contributed by atoms with Crippen LogP contribution >= 0.6 is 27.5 Å². The molecule has 2 amide bonds. The third kappa shape index (κ3) is 3.57. The lowest BCUT2D eigenvalue weighted by atomic mass is 9.39. The monoisotopic (exact) mass is 476 g/mol. The second kappa shape index (κ2) is 6.59. The Labute approximate surface area is 174 Å². The summed E-state index contributed by atoms with van der Waals surface area (Å²) in [7, 11) is 0. The van der Waals surface area contributed by atoms with Crippen molar-refractivity contribution in [2.75, 3.05) is 5.32 Å². The lowest BCUT2D eigenvalue weighted by Gasteiger charge is -2.68. The minimum Gasteiger partial charge on any atom is -0.478 e. The Kier molecular flexibility index (Phi) is 4.91. The van der Waals surface area contributed by atoms with Gasteiger partial charge in [-0.05, 0) is 62.0 Å². The van der Waals surface area contributed by atoms with E-state index in [2.05, 4.69) is 26.6 Å². The second-order valence-electron chi connectivity index (χ2n) is 8.39.